The Balaban J connectivity index is 1.61. The summed E-state index contributed by atoms with van der Waals surface area (Å²) in [5, 5.41) is 4.06. The summed E-state index contributed by atoms with van der Waals surface area (Å²) in [4.78, 5) is 35.9. The molecule has 0 radical (unpaired) electrons. The van der Waals surface area contributed by atoms with Crippen molar-refractivity contribution in [1.29, 1.82) is 0 Å². The number of hydrogen-bond donors (Lipinski definition) is 1. The lowest BCUT2D eigenvalue weighted by Crippen LogP contribution is -2.36. The number of allylic oxidation sites excluding steroid dienone is 4. The molecule has 2 heterocycles. The summed E-state index contributed by atoms with van der Waals surface area (Å²) in [7, 11) is 3.13. The second kappa shape index (κ2) is 9.55. The summed E-state index contributed by atoms with van der Waals surface area (Å²) in [5.74, 6) is 1.17. The lowest BCUT2D eigenvalue weighted by atomic mass is 9.94. The Bertz CT molecular complexity index is 1380. The number of anilines is 3. The zero-order chi connectivity index (χ0) is 24.4. The van der Waals surface area contributed by atoms with Crippen molar-refractivity contribution in [2.75, 3.05) is 50.7 Å². The molecule has 2 aromatic carbocycles. The molecule has 1 aliphatic heterocycles. The molecule has 1 N–H and O–H groups in total. The molecule has 1 saturated heterocycles. The van der Waals surface area contributed by atoms with Crippen molar-refractivity contribution < 1.29 is 23.8 Å². The molecule has 0 atom stereocenters. The summed E-state index contributed by atoms with van der Waals surface area (Å²) >= 11 is 0. The number of carbonyl (C=O) groups excluding carboxylic acids is 2. The molecule has 0 bridgehead atoms. The third kappa shape index (κ3) is 4.45. The Morgan fingerprint density at radius 1 is 0.971 bits per heavy atom. The van der Waals surface area contributed by atoms with E-state index in [9.17, 15) is 9.59 Å². The largest absolute Gasteiger partial charge is 0.493 e. The third-order valence-corrected chi connectivity index (χ3v) is 6.01. The first kappa shape index (κ1) is 22.5. The van der Waals surface area contributed by atoms with Gasteiger partial charge < -0.3 is 24.4 Å². The van der Waals surface area contributed by atoms with Gasteiger partial charge in [0.2, 0.25) is 0 Å². The first-order valence-corrected chi connectivity index (χ1v) is 11.2. The molecule has 0 saturated carbocycles. The number of carbonyl (C=O) groups is 2. The molecule has 3 aromatic rings. The average molecular weight is 473 g/mol. The molecule has 1 aromatic heterocycles. The second-order valence-electron chi connectivity index (χ2n) is 8.06. The SMILES string of the molecule is COc1cc2ncnc(Nc3ccc(N4CCOCC4)cc3C3=CC(=O)C=CC3=O)c2cc1OC. The molecule has 1 aliphatic carbocycles. The Morgan fingerprint density at radius 2 is 1.74 bits per heavy atom. The Kier molecular flexibility index (Phi) is 6.15. The van der Waals surface area contributed by atoms with Crippen LogP contribution in [-0.2, 0) is 14.3 Å². The van der Waals surface area contributed by atoms with E-state index in [0.717, 1.165) is 18.8 Å². The van der Waals surface area contributed by atoms with Crippen LogP contribution in [0.5, 0.6) is 11.5 Å². The van der Waals surface area contributed by atoms with Gasteiger partial charge in [0.05, 0.1) is 33.0 Å². The third-order valence-electron chi connectivity index (χ3n) is 6.01. The van der Waals surface area contributed by atoms with Gasteiger partial charge in [0.25, 0.3) is 0 Å². The standard InChI is InChI=1S/C26H24N4O5/c1-33-24-13-20-22(14-25(24)34-2)27-15-28-26(20)29-21-5-3-16(30-7-9-35-10-8-30)11-18(21)19-12-17(31)4-6-23(19)32/h3-6,11-15H,7-10H2,1-2H3,(H,27,28,29). The summed E-state index contributed by atoms with van der Waals surface area (Å²) in [6, 6.07) is 9.38. The van der Waals surface area contributed by atoms with E-state index < -0.39 is 0 Å². The summed E-state index contributed by atoms with van der Waals surface area (Å²) < 4.78 is 16.3. The highest BCUT2D eigenvalue weighted by Gasteiger charge is 2.22. The number of rotatable bonds is 6. The molecule has 178 valence electrons. The number of ketones is 2. The number of hydrogen-bond acceptors (Lipinski definition) is 9. The van der Waals surface area contributed by atoms with E-state index in [0.29, 0.717) is 58.3 Å². The highest BCUT2D eigenvalue weighted by molar-refractivity contribution is 6.34. The maximum atomic E-state index is 12.8. The Morgan fingerprint density at radius 3 is 2.51 bits per heavy atom. The first-order chi connectivity index (χ1) is 17.1. The molecule has 0 spiro atoms. The van der Waals surface area contributed by atoms with Gasteiger partial charge in [-0.2, -0.15) is 0 Å². The molecule has 9 nitrogen and oxygen atoms in total. The van der Waals surface area contributed by atoms with Crippen molar-refractivity contribution in [1.82, 2.24) is 9.97 Å². The number of nitrogens with zero attached hydrogens (tertiary/aromatic N) is 3. The number of methoxy groups -OCH3 is 2. The number of morpholine rings is 1. The fourth-order valence-corrected chi connectivity index (χ4v) is 4.21. The van der Waals surface area contributed by atoms with Crippen LogP contribution in [0, 0.1) is 0 Å². The van der Waals surface area contributed by atoms with Crippen LogP contribution in [0.3, 0.4) is 0 Å². The van der Waals surface area contributed by atoms with Gasteiger partial charge >= 0.3 is 0 Å². The minimum Gasteiger partial charge on any atom is -0.493 e. The zero-order valence-electron chi connectivity index (χ0n) is 19.4. The van der Waals surface area contributed by atoms with Crippen LogP contribution in [0.4, 0.5) is 17.2 Å². The zero-order valence-corrected chi connectivity index (χ0v) is 19.4. The number of nitrogens with one attached hydrogen (secondary N) is 1. The maximum Gasteiger partial charge on any atom is 0.186 e. The molecule has 1 fully saturated rings. The van der Waals surface area contributed by atoms with Gasteiger partial charge in [-0.1, -0.05) is 0 Å². The smallest absolute Gasteiger partial charge is 0.186 e. The lowest BCUT2D eigenvalue weighted by molar-refractivity contribution is -0.113. The quantitative estimate of drug-likeness (QED) is 0.541. The Labute approximate surface area is 202 Å². The van der Waals surface area contributed by atoms with Crippen LogP contribution < -0.4 is 19.7 Å². The van der Waals surface area contributed by atoms with Crippen molar-refractivity contribution in [2.24, 2.45) is 0 Å². The van der Waals surface area contributed by atoms with Gasteiger partial charge in [0, 0.05) is 47.1 Å². The van der Waals surface area contributed by atoms with Gasteiger partial charge in [-0.15, -0.1) is 0 Å². The number of benzene rings is 2. The predicted molar refractivity (Wildman–Crippen MR) is 133 cm³/mol. The van der Waals surface area contributed by atoms with Crippen LogP contribution in [0.15, 0.2) is 54.9 Å². The highest BCUT2D eigenvalue weighted by Crippen LogP contribution is 2.37. The summed E-state index contributed by atoms with van der Waals surface area (Å²) in [5.41, 5.74) is 3.19. The number of fused-ring (bicyclic) bond motifs is 1. The van der Waals surface area contributed by atoms with Crippen LogP contribution in [-0.4, -0.2) is 62.1 Å². The van der Waals surface area contributed by atoms with E-state index >= 15 is 0 Å². The maximum absolute atomic E-state index is 12.8. The minimum atomic E-state index is -0.231. The Hall–Kier alpha value is -4.24. The highest BCUT2D eigenvalue weighted by atomic mass is 16.5. The molecular formula is C26H24N4O5. The molecule has 2 aliphatic rings. The second-order valence-corrected chi connectivity index (χ2v) is 8.06. The van der Waals surface area contributed by atoms with Gasteiger partial charge in [0.15, 0.2) is 23.1 Å². The van der Waals surface area contributed by atoms with E-state index in [4.69, 9.17) is 14.2 Å². The fourth-order valence-electron chi connectivity index (χ4n) is 4.21. The summed E-state index contributed by atoms with van der Waals surface area (Å²) in [6.45, 7) is 2.76. The van der Waals surface area contributed by atoms with Crippen LogP contribution in [0.2, 0.25) is 0 Å². The van der Waals surface area contributed by atoms with Crippen molar-refractivity contribution in [3.63, 3.8) is 0 Å². The van der Waals surface area contributed by atoms with Crippen molar-refractivity contribution in [3.8, 4) is 11.5 Å². The number of aromatic nitrogens is 2. The van der Waals surface area contributed by atoms with E-state index in [1.807, 2.05) is 18.2 Å². The topological polar surface area (TPSA) is 103 Å². The fraction of sp³-hybridized carbons (Fsp3) is 0.231. The minimum absolute atomic E-state index is 0.230. The molecule has 0 unspecified atom stereocenters. The van der Waals surface area contributed by atoms with Gasteiger partial charge in [-0.05, 0) is 42.5 Å². The average Bonchev–Trinajstić information content (AvgIpc) is 2.90. The molecule has 9 heteroatoms. The van der Waals surface area contributed by atoms with E-state index in [-0.39, 0.29) is 11.6 Å². The van der Waals surface area contributed by atoms with Gasteiger partial charge in [-0.3, -0.25) is 9.59 Å². The van der Waals surface area contributed by atoms with Gasteiger partial charge in [-0.25, -0.2) is 9.97 Å². The van der Waals surface area contributed by atoms with Crippen LogP contribution >= 0.6 is 0 Å². The predicted octanol–water partition coefficient (Wildman–Crippen LogP) is 3.32. The number of ether oxygens (including phenoxy) is 3. The monoisotopic (exact) mass is 472 g/mol. The van der Waals surface area contributed by atoms with Crippen LogP contribution in [0.25, 0.3) is 16.5 Å². The summed E-state index contributed by atoms with van der Waals surface area (Å²) in [6.07, 6.45) is 5.41. The van der Waals surface area contributed by atoms with E-state index in [2.05, 4.69) is 20.2 Å². The molecule has 5 rings (SSSR count). The lowest BCUT2D eigenvalue weighted by Gasteiger charge is -2.30. The van der Waals surface area contributed by atoms with Crippen molar-refractivity contribution in [3.05, 3.63) is 60.5 Å². The molecule has 0 amide bonds. The molecular weight excluding hydrogens is 448 g/mol. The first-order valence-electron chi connectivity index (χ1n) is 11.2. The molecule has 35 heavy (non-hydrogen) atoms. The van der Waals surface area contributed by atoms with Crippen molar-refractivity contribution >= 4 is 45.2 Å². The van der Waals surface area contributed by atoms with Crippen molar-refractivity contribution in [2.45, 2.75) is 0 Å². The van der Waals surface area contributed by atoms with E-state index in [1.54, 1.807) is 26.4 Å². The van der Waals surface area contributed by atoms with E-state index in [1.165, 1.54) is 24.6 Å². The normalized spacial score (nSPS) is 15.8. The van der Waals surface area contributed by atoms with Gasteiger partial charge in [0.1, 0.15) is 12.1 Å². The van der Waals surface area contributed by atoms with Crippen LogP contribution in [0.1, 0.15) is 5.56 Å².